The van der Waals surface area contributed by atoms with Gasteiger partial charge >= 0.3 is 0 Å². The molecule has 0 aromatic heterocycles. The van der Waals surface area contributed by atoms with Gasteiger partial charge < -0.3 is 9.64 Å². The van der Waals surface area contributed by atoms with Crippen LogP contribution >= 0.6 is 0 Å². The van der Waals surface area contributed by atoms with Gasteiger partial charge in [-0.05, 0) is 43.5 Å². The van der Waals surface area contributed by atoms with Crippen LogP contribution in [0.4, 0.5) is 5.69 Å². The lowest BCUT2D eigenvalue weighted by molar-refractivity contribution is -0.104. The number of aldehydes is 1. The monoisotopic (exact) mass is 303 g/mol. The summed E-state index contributed by atoms with van der Waals surface area (Å²) in [7, 11) is 1.68. The zero-order valence-corrected chi connectivity index (χ0v) is 14.4. The number of rotatable bonds is 10. The van der Waals surface area contributed by atoms with E-state index in [1.807, 2.05) is 12.1 Å². The van der Waals surface area contributed by atoms with Crippen molar-refractivity contribution in [3.63, 3.8) is 0 Å². The van der Waals surface area contributed by atoms with Crippen LogP contribution in [0.25, 0.3) is 6.08 Å². The van der Waals surface area contributed by atoms with Crippen LogP contribution in [-0.2, 0) is 4.79 Å². The van der Waals surface area contributed by atoms with E-state index in [4.69, 9.17) is 4.74 Å². The van der Waals surface area contributed by atoms with Crippen LogP contribution < -0.4 is 9.64 Å². The second kappa shape index (κ2) is 10.0. The Kier molecular flexibility index (Phi) is 8.34. The number of allylic oxidation sites excluding steroid dienone is 1. The summed E-state index contributed by atoms with van der Waals surface area (Å²) in [5.41, 5.74) is 2.83. The first-order valence-corrected chi connectivity index (χ1v) is 8.22. The van der Waals surface area contributed by atoms with Gasteiger partial charge in [0, 0.05) is 30.4 Å². The Labute approximate surface area is 135 Å². The predicted molar refractivity (Wildman–Crippen MR) is 94.7 cm³/mol. The van der Waals surface area contributed by atoms with E-state index in [0.29, 0.717) is 5.57 Å². The summed E-state index contributed by atoms with van der Waals surface area (Å²) in [6.07, 6.45) is 7.49. The first kappa shape index (κ1) is 18.3. The number of hydrogen-bond acceptors (Lipinski definition) is 3. The molecule has 3 heteroatoms. The molecule has 0 aliphatic rings. The van der Waals surface area contributed by atoms with Crippen molar-refractivity contribution in [3.8, 4) is 5.75 Å². The summed E-state index contributed by atoms with van der Waals surface area (Å²) in [5, 5.41) is 0. The predicted octanol–water partition coefficient (Wildman–Crippen LogP) is 4.70. The third-order valence-corrected chi connectivity index (χ3v) is 3.71. The molecule has 0 amide bonds. The molecular weight excluding hydrogens is 274 g/mol. The van der Waals surface area contributed by atoms with E-state index >= 15 is 0 Å². The van der Waals surface area contributed by atoms with Gasteiger partial charge in [-0.3, -0.25) is 4.79 Å². The average Bonchev–Trinajstić information content (AvgIpc) is 2.55. The summed E-state index contributed by atoms with van der Waals surface area (Å²) in [6, 6.07) is 6.24. The van der Waals surface area contributed by atoms with Gasteiger partial charge in [-0.2, -0.15) is 0 Å². The van der Waals surface area contributed by atoms with Crippen molar-refractivity contribution >= 4 is 18.0 Å². The van der Waals surface area contributed by atoms with Gasteiger partial charge in [-0.25, -0.2) is 0 Å². The van der Waals surface area contributed by atoms with Gasteiger partial charge in [-0.15, -0.1) is 0 Å². The molecule has 0 aliphatic heterocycles. The summed E-state index contributed by atoms with van der Waals surface area (Å²) >= 11 is 0. The van der Waals surface area contributed by atoms with E-state index in [1.54, 1.807) is 14.0 Å². The van der Waals surface area contributed by atoms with E-state index in [-0.39, 0.29) is 0 Å². The van der Waals surface area contributed by atoms with E-state index in [9.17, 15) is 4.79 Å². The van der Waals surface area contributed by atoms with Crippen molar-refractivity contribution in [3.05, 3.63) is 29.3 Å². The summed E-state index contributed by atoms with van der Waals surface area (Å²) in [5.74, 6) is 0.816. The molecule has 0 fully saturated rings. The number of anilines is 1. The Morgan fingerprint density at radius 1 is 1.18 bits per heavy atom. The lowest BCUT2D eigenvalue weighted by atomic mass is 10.1. The maximum atomic E-state index is 10.8. The third kappa shape index (κ3) is 5.55. The fraction of sp³-hybridized carbons (Fsp3) is 0.526. The maximum Gasteiger partial charge on any atom is 0.145 e. The third-order valence-electron chi connectivity index (χ3n) is 3.71. The summed E-state index contributed by atoms with van der Waals surface area (Å²) < 4.78 is 5.50. The van der Waals surface area contributed by atoms with Crippen LogP contribution in [0.1, 0.15) is 52.0 Å². The van der Waals surface area contributed by atoms with E-state index in [0.717, 1.165) is 30.7 Å². The van der Waals surface area contributed by atoms with Crippen LogP contribution in [0.2, 0.25) is 0 Å². The number of unbranched alkanes of at least 4 members (excludes halogenated alkanes) is 2. The molecule has 1 rings (SSSR count). The Morgan fingerprint density at radius 3 is 2.32 bits per heavy atom. The Balaban J connectivity index is 3.03. The largest absolute Gasteiger partial charge is 0.496 e. The van der Waals surface area contributed by atoms with Crippen LogP contribution in [0.5, 0.6) is 5.75 Å². The molecule has 0 atom stereocenters. The molecule has 22 heavy (non-hydrogen) atoms. The average molecular weight is 303 g/mol. The molecule has 0 N–H and O–H groups in total. The molecule has 0 bridgehead atoms. The van der Waals surface area contributed by atoms with Crippen molar-refractivity contribution in [2.45, 2.75) is 46.5 Å². The SMILES string of the molecule is CCCCN(CCCC)c1ccc(C=C(C)C=O)c(OC)c1. The zero-order chi connectivity index (χ0) is 16.4. The topological polar surface area (TPSA) is 29.5 Å². The molecule has 122 valence electrons. The highest BCUT2D eigenvalue weighted by molar-refractivity contribution is 5.82. The lowest BCUT2D eigenvalue weighted by Gasteiger charge is -2.25. The maximum absolute atomic E-state index is 10.8. The van der Waals surface area contributed by atoms with Gasteiger partial charge in [0.05, 0.1) is 7.11 Å². The fourth-order valence-corrected chi connectivity index (χ4v) is 2.36. The number of benzene rings is 1. The molecule has 0 heterocycles. The molecule has 0 saturated carbocycles. The second-order valence-electron chi connectivity index (χ2n) is 5.63. The molecule has 1 aromatic carbocycles. The standard InChI is InChI=1S/C19H29NO2/c1-5-7-11-20(12-8-6-2)18-10-9-17(13-16(3)15-21)19(14-18)22-4/h9-10,13-15H,5-8,11-12H2,1-4H3. The molecule has 1 aromatic rings. The molecule has 0 unspecified atom stereocenters. The molecule has 0 saturated heterocycles. The lowest BCUT2D eigenvalue weighted by Crippen LogP contribution is -2.25. The summed E-state index contributed by atoms with van der Waals surface area (Å²) in [4.78, 5) is 13.2. The van der Waals surface area contributed by atoms with Gasteiger partial charge in [0.2, 0.25) is 0 Å². The highest BCUT2D eigenvalue weighted by Crippen LogP contribution is 2.28. The van der Waals surface area contributed by atoms with Gasteiger partial charge in [0.1, 0.15) is 12.0 Å². The Morgan fingerprint density at radius 2 is 1.82 bits per heavy atom. The van der Waals surface area contributed by atoms with Crippen molar-refractivity contribution in [2.24, 2.45) is 0 Å². The highest BCUT2D eigenvalue weighted by Gasteiger charge is 2.09. The van der Waals surface area contributed by atoms with Gasteiger partial charge in [0.25, 0.3) is 0 Å². The number of carbonyl (C=O) groups excluding carboxylic acids is 1. The van der Waals surface area contributed by atoms with Crippen molar-refractivity contribution in [1.82, 2.24) is 0 Å². The molecule has 0 radical (unpaired) electrons. The number of carbonyl (C=O) groups is 1. The quantitative estimate of drug-likeness (QED) is 0.463. The van der Waals surface area contributed by atoms with Crippen LogP contribution in [0.3, 0.4) is 0 Å². The molecular formula is C19H29NO2. The second-order valence-corrected chi connectivity index (χ2v) is 5.63. The van der Waals surface area contributed by atoms with Gasteiger partial charge in [0.15, 0.2) is 0 Å². The van der Waals surface area contributed by atoms with Crippen molar-refractivity contribution in [2.75, 3.05) is 25.1 Å². The van der Waals surface area contributed by atoms with E-state index in [2.05, 4.69) is 30.9 Å². The Hall–Kier alpha value is -1.77. The molecule has 0 aliphatic carbocycles. The summed E-state index contributed by atoms with van der Waals surface area (Å²) in [6.45, 7) is 8.38. The van der Waals surface area contributed by atoms with Crippen LogP contribution in [-0.4, -0.2) is 26.5 Å². The first-order chi connectivity index (χ1) is 10.7. The van der Waals surface area contributed by atoms with E-state index < -0.39 is 0 Å². The number of hydrogen-bond donors (Lipinski definition) is 0. The van der Waals surface area contributed by atoms with Crippen molar-refractivity contribution in [1.29, 1.82) is 0 Å². The van der Waals surface area contributed by atoms with Crippen LogP contribution in [0, 0.1) is 0 Å². The van der Waals surface area contributed by atoms with Gasteiger partial charge in [-0.1, -0.05) is 26.7 Å². The molecule has 3 nitrogen and oxygen atoms in total. The molecule has 0 spiro atoms. The minimum absolute atomic E-state index is 0.694. The van der Waals surface area contributed by atoms with E-state index in [1.165, 1.54) is 31.4 Å². The number of ether oxygens (including phenoxy) is 1. The minimum Gasteiger partial charge on any atom is -0.496 e. The smallest absolute Gasteiger partial charge is 0.145 e. The zero-order valence-electron chi connectivity index (χ0n) is 14.4. The number of methoxy groups -OCH3 is 1. The van der Waals surface area contributed by atoms with Crippen molar-refractivity contribution < 1.29 is 9.53 Å². The minimum atomic E-state index is 0.694. The normalized spacial score (nSPS) is 11.4. The highest BCUT2D eigenvalue weighted by atomic mass is 16.5. The Bertz CT molecular complexity index is 486. The number of nitrogens with zero attached hydrogens (tertiary/aromatic N) is 1. The fourth-order valence-electron chi connectivity index (χ4n) is 2.36. The first-order valence-electron chi connectivity index (χ1n) is 8.22. The van der Waals surface area contributed by atoms with Crippen LogP contribution in [0.15, 0.2) is 23.8 Å².